The van der Waals surface area contributed by atoms with E-state index in [1.807, 2.05) is 0 Å². The van der Waals surface area contributed by atoms with Gasteiger partial charge in [0.2, 0.25) is 5.78 Å². The highest BCUT2D eigenvalue weighted by Gasteiger charge is 2.68. The van der Waals surface area contributed by atoms with Crippen molar-refractivity contribution in [2.24, 2.45) is 17.6 Å². The van der Waals surface area contributed by atoms with E-state index in [0.29, 0.717) is 5.56 Å². The van der Waals surface area contributed by atoms with Crippen LogP contribution in [0.2, 0.25) is 0 Å². The largest absolute Gasteiger partial charge is 0.508 e. The first-order valence-electron chi connectivity index (χ1n) is 13.1. The van der Waals surface area contributed by atoms with E-state index in [0.717, 1.165) is 12.1 Å². The monoisotopic (exact) mass is 613 g/mol. The van der Waals surface area contributed by atoms with Crippen molar-refractivity contribution in [3.63, 3.8) is 0 Å². The Bertz CT molecular complexity index is 1650. The van der Waals surface area contributed by atoms with Gasteiger partial charge in [0.1, 0.15) is 34.4 Å². The van der Waals surface area contributed by atoms with Crippen LogP contribution in [0.15, 0.2) is 53.3 Å². The molecular formula is C29H28FN3O9S. The zero-order valence-corrected chi connectivity index (χ0v) is 23.8. The molecule has 0 saturated heterocycles. The number of nitrogens with one attached hydrogen (secondary N) is 1. The van der Waals surface area contributed by atoms with Crippen molar-refractivity contribution < 1.29 is 49.0 Å². The lowest BCUT2D eigenvalue weighted by Gasteiger charge is -2.53. The summed E-state index contributed by atoms with van der Waals surface area (Å²) in [6.45, 7) is 1.62. The first-order chi connectivity index (χ1) is 20.1. The summed E-state index contributed by atoms with van der Waals surface area (Å²) in [6, 6.07) is 6.49. The van der Waals surface area contributed by atoms with Gasteiger partial charge in [-0.25, -0.2) is 4.39 Å². The molecule has 0 bridgehead atoms. The number of amides is 1. The summed E-state index contributed by atoms with van der Waals surface area (Å²) in [4.78, 5) is 40.7. The molecule has 0 heterocycles. The SMILES string of the molecule is C[C@H]1c2ccc(NC(=S)Oc3ccc(F)cc3)c(O)c2C(O)=C2C(=O)[C@]3(O)C(O)=C(C(N)=O)C(=O)[C@@H](N(C)C)C3C(O)C21. The molecule has 43 heavy (non-hydrogen) atoms. The van der Waals surface area contributed by atoms with Crippen molar-refractivity contribution in [3.8, 4) is 11.5 Å². The number of hydrogen-bond donors (Lipinski definition) is 7. The van der Waals surface area contributed by atoms with Crippen LogP contribution in [0.3, 0.4) is 0 Å². The summed E-state index contributed by atoms with van der Waals surface area (Å²) in [7, 11) is 2.86. The normalized spacial score (nSPS) is 28.3. The van der Waals surface area contributed by atoms with Crippen LogP contribution in [0.1, 0.15) is 24.0 Å². The number of primary amides is 1. The predicted molar refractivity (Wildman–Crippen MR) is 154 cm³/mol. The zero-order valence-electron chi connectivity index (χ0n) is 23.0. The van der Waals surface area contributed by atoms with Crippen molar-refractivity contribution in [2.45, 2.75) is 30.6 Å². The number of nitrogens with two attached hydrogens (primary N) is 1. The van der Waals surface area contributed by atoms with E-state index in [4.69, 9.17) is 22.7 Å². The number of aromatic hydroxyl groups is 1. The molecular weight excluding hydrogens is 585 g/mol. The second-order valence-electron chi connectivity index (χ2n) is 10.9. The van der Waals surface area contributed by atoms with Gasteiger partial charge >= 0.3 is 0 Å². The molecule has 0 radical (unpaired) electrons. The second kappa shape index (κ2) is 10.4. The van der Waals surface area contributed by atoms with Gasteiger partial charge in [0.15, 0.2) is 11.4 Å². The summed E-state index contributed by atoms with van der Waals surface area (Å²) < 4.78 is 18.6. The Labute approximate surface area is 249 Å². The highest BCUT2D eigenvalue weighted by atomic mass is 32.1. The number of ketones is 2. The van der Waals surface area contributed by atoms with Crippen LogP contribution in [-0.4, -0.2) is 84.9 Å². The van der Waals surface area contributed by atoms with Gasteiger partial charge in [-0.15, -0.1) is 0 Å². The number of ether oxygens (including phenoxy) is 1. The van der Waals surface area contributed by atoms with Crippen molar-refractivity contribution in [1.82, 2.24) is 4.90 Å². The molecule has 3 unspecified atom stereocenters. The van der Waals surface area contributed by atoms with Crippen molar-refractivity contribution in [2.75, 3.05) is 19.4 Å². The van der Waals surface area contributed by atoms with Gasteiger partial charge in [0, 0.05) is 11.5 Å². The Morgan fingerprint density at radius 2 is 1.74 bits per heavy atom. The lowest BCUT2D eigenvalue weighted by Crippen LogP contribution is -2.70. The minimum absolute atomic E-state index is 0.0428. The minimum atomic E-state index is -3.01. The topological polar surface area (TPSA) is 203 Å². The number of Topliss-reactive ketones (excluding diaryl/α,β-unsaturated/α-hetero) is 2. The number of carbonyl (C=O) groups excluding carboxylic acids is 3. The molecule has 8 N–H and O–H groups in total. The van der Waals surface area contributed by atoms with Crippen molar-refractivity contribution >= 4 is 46.3 Å². The van der Waals surface area contributed by atoms with Crippen LogP contribution >= 0.6 is 12.2 Å². The first-order valence-corrected chi connectivity index (χ1v) is 13.5. The summed E-state index contributed by atoms with van der Waals surface area (Å²) >= 11 is 5.17. The molecule has 5 rings (SSSR count). The Morgan fingerprint density at radius 3 is 2.33 bits per heavy atom. The third-order valence-electron chi connectivity index (χ3n) is 8.39. The number of rotatable bonds is 4. The predicted octanol–water partition coefficient (Wildman–Crippen LogP) is 1.41. The first kappa shape index (κ1) is 30.1. The molecule has 226 valence electrons. The fourth-order valence-electron chi connectivity index (χ4n) is 6.46. The highest BCUT2D eigenvalue weighted by Crippen LogP contribution is 2.56. The molecule has 12 nitrogen and oxygen atoms in total. The third-order valence-corrected chi connectivity index (χ3v) is 8.58. The van der Waals surface area contributed by atoms with Gasteiger partial charge in [0.05, 0.1) is 29.3 Å². The van der Waals surface area contributed by atoms with Gasteiger partial charge in [-0.05, 0) is 68.1 Å². The average molecular weight is 614 g/mol. The number of halogens is 1. The Kier molecular flexibility index (Phi) is 7.29. The van der Waals surface area contributed by atoms with E-state index in [1.165, 1.54) is 43.3 Å². The molecule has 6 atom stereocenters. The zero-order chi connectivity index (χ0) is 31.7. The molecule has 1 saturated carbocycles. The number of phenolic OH excluding ortho intramolecular Hbond substituents is 1. The van der Waals surface area contributed by atoms with E-state index in [1.54, 1.807) is 6.92 Å². The summed E-state index contributed by atoms with van der Waals surface area (Å²) in [5, 5.41) is 59.4. The number of aliphatic hydroxyl groups excluding tert-OH is 3. The summed E-state index contributed by atoms with van der Waals surface area (Å²) in [6.07, 6.45) is -1.70. The number of fused-ring (bicyclic) bond motifs is 3. The van der Waals surface area contributed by atoms with Gasteiger partial charge in [-0.3, -0.25) is 19.3 Å². The Hall–Kier alpha value is -4.37. The molecule has 0 aliphatic heterocycles. The number of anilines is 1. The van der Waals surface area contributed by atoms with E-state index in [2.05, 4.69) is 5.32 Å². The number of hydrogen-bond acceptors (Lipinski definition) is 11. The van der Waals surface area contributed by atoms with E-state index < -0.39 is 87.2 Å². The number of phenols is 1. The maximum Gasteiger partial charge on any atom is 0.266 e. The maximum absolute atomic E-state index is 14.1. The van der Waals surface area contributed by atoms with E-state index in [9.17, 15) is 44.3 Å². The fraction of sp³-hybridized carbons (Fsp3) is 0.310. The molecule has 0 spiro atoms. The van der Waals surface area contributed by atoms with Crippen LogP contribution < -0.4 is 15.8 Å². The Balaban J connectivity index is 1.62. The van der Waals surface area contributed by atoms with Crippen molar-refractivity contribution in [1.29, 1.82) is 0 Å². The van der Waals surface area contributed by atoms with E-state index >= 15 is 0 Å². The molecule has 3 aliphatic carbocycles. The number of likely N-dealkylation sites (N-methyl/N-ethyl adjacent to an activating group) is 1. The molecule has 0 aromatic heterocycles. The summed E-state index contributed by atoms with van der Waals surface area (Å²) in [5.74, 6) is -10.2. The van der Waals surface area contributed by atoms with Gasteiger partial charge in [-0.1, -0.05) is 13.0 Å². The molecule has 14 heteroatoms. The van der Waals surface area contributed by atoms with Crippen LogP contribution in [-0.2, 0) is 14.4 Å². The van der Waals surface area contributed by atoms with Crippen LogP contribution in [0, 0.1) is 17.7 Å². The lowest BCUT2D eigenvalue weighted by atomic mass is 9.54. The molecule has 1 amide bonds. The van der Waals surface area contributed by atoms with Crippen molar-refractivity contribution in [3.05, 3.63) is 70.2 Å². The van der Waals surface area contributed by atoms with Crippen LogP contribution in [0.4, 0.5) is 10.1 Å². The second-order valence-corrected chi connectivity index (χ2v) is 11.3. The maximum atomic E-state index is 14.1. The molecule has 1 fully saturated rings. The molecule has 2 aromatic carbocycles. The van der Waals surface area contributed by atoms with Gasteiger partial charge in [-0.2, -0.15) is 0 Å². The Morgan fingerprint density at radius 1 is 1.12 bits per heavy atom. The quantitative estimate of drug-likeness (QED) is 0.149. The number of nitrogens with zero attached hydrogens (tertiary/aromatic N) is 1. The lowest BCUT2D eigenvalue weighted by molar-refractivity contribution is -0.169. The minimum Gasteiger partial charge on any atom is -0.508 e. The standard InChI is InChI=1S/C29H28FN3O9S/c1-10-13-8-9-14(32-28(43)42-12-6-4-11(30)5-7-12)21(34)16(13)22(35)17-15(10)23(36)19-20(33(2)3)24(37)18(27(31)40)26(39)29(19,41)25(17)38/h4-10,15,19-20,23,34-36,39,41H,1-3H3,(H2,31,40)(H,32,43)/t10-,15?,19?,20-,23?,29-/m0/s1. The highest BCUT2D eigenvalue weighted by molar-refractivity contribution is 7.80. The number of benzene rings is 2. The van der Waals surface area contributed by atoms with Crippen LogP contribution in [0.5, 0.6) is 11.5 Å². The fourth-order valence-corrected chi connectivity index (χ4v) is 6.67. The number of aliphatic hydroxyl groups is 4. The van der Waals surface area contributed by atoms with Crippen LogP contribution in [0.25, 0.3) is 5.76 Å². The molecule has 2 aromatic rings. The van der Waals surface area contributed by atoms with Gasteiger partial charge < -0.3 is 41.3 Å². The smallest absolute Gasteiger partial charge is 0.266 e. The van der Waals surface area contributed by atoms with Gasteiger partial charge in [0.25, 0.3) is 11.1 Å². The average Bonchev–Trinajstić information content (AvgIpc) is 2.93. The third kappa shape index (κ3) is 4.36. The number of thiocarbonyl (C=S) groups is 1. The summed E-state index contributed by atoms with van der Waals surface area (Å²) in [5.41, 5.74) is 0.853. The molecule has 3 aliphatic rings. The number of carbonyl (C=O) groups is 3. The van der Waals surface area contributed by atoms with E-state index in [-0.39, 0.29) is 22.2 Å².